The second kappa shape index (κ2) is 16.9. The van der Waals surface area contributed by atoms with Crippen LogP contribution in [0.5, 0.6) is 0 Å². The largest absolute Gasteiger partial charge is 0.478 e. The molecule has 0 amide bonds. The molecule has 6 rings (SSSR count). The molecule has 2 aliphatic carbocycles. The number of carbonyl (C=O) groups is 3. The van der Waals surface area contributed by atoms with Crippen LogP contribution in [-0.2, 0) is 25.2 Å². The highest BCUT2D eigenvalue weighted by atomic mass is 16.4. The minimum absolute atomic E-state index is 0. The van der Waals surface area contributed by atoms with Crippen LogP contribution in [0, 0.1) is 10.8 Å². The van der Waals surface area contributed by atoms with Gasteiger partial charge in [0.15, 0.2) is 0 Å². The number of aldehydes is 1. The van der Waals surface area contributed by atoms with Crippen LogP contribution in [0.25, 0.3) is 11.1 Å². The number of hydrogen-bond acceptors (Lipinski definition) is 5. The number of nitrogens with zero attached hydrogens (tertiary/aromatic N) is 1. The maximum absolute atomic E-state index is 11.6. The van der Waals surface area contributed by atoms with Gasteiger partial charge in [-0.15, -0.1) is 0 Å². The van der Waals surface area contributed by atoms with Crippen molar-refractivity contribution in [1.82, 2.24) is 10.2 Å². The van der Waals surface area contributed by atoms with E-state index < -0.39 is 11.9 Å². The third-order valence-corrected chi connectivity index (χ3v) is 9.93. The number of fused-ring (bicyclic) bond motifs is 4. The molecule has 272 valence electrons. The maximum Gasteiger partial charge on any atom is 0.336 e. The topological polar surface area (TPSA) is 107 Å². The summed E-state index contributed by atoms with van der Waals surface area (Å²) < 4.78 is 0. The third-order valence-electron chi connectivity index (χ3n) is 9.93. The minimum Gasteiger partial charge on any atom is -0.478 e. The Morgan fingerprint density at radius 1 is 0.755 bits per heavy atom. The minimum atomic E-state index is -0.812. The van der Waals surface area contributed by atoms with E-state index in [1.807, 2.05) is 69.3 Å². The lowest BCUT2D eigenvalue weighted by molar-refractivity contribution is -0.131. The van der Waals surface area contributed by atoms with E-state index >= 15 is 0 Å². The molecule has 7 nitrogen and oxygen atoms in total. The van der Waals surface area contributed by atoms with Gasteiger partial charge in [-0.25, -0.2) is 9.59 Å². The van der Waals surface area contributed by atoms with Gasteiger partial charge < -0.3 is 25.2 Å². The molecule has 0 unspecified atom stereocenters. The van der Waals surface area contributed by atoms with Crippen LogP contribution in [0.15, 0.2) is 60.7 Å². The van der Waals surface area contributed by atoms with Crippen LogP contribution in [0.2, 0.25) is 0 Å². The van der Waals surface area contributed by atoms with Crippen molar-refractivity contribution in [3.63, 3.8) is 0 Å². The van der Waals surface area contributed by atoms with Crippen molar-refractivity contribution >= 4 is 29.4 Å². The summed E-state index contributed by atoms with van der Waals surface area (Å²) in [6.45, 7) is 18.1. The second-order valence-electron chi connectivity index (χ2n) is 16.0. The van der Waals surface area contributed by atoms with E-state index in [1.165, 1.54) is 17.5 Å². The number of piperidine rings is 2. The number of allylic oxidation sites excluding steroid dienone is 2. The van der Waals surface area contributed by atoms with Gasteiger partial charge in [-0.1, -0.05) is 117 Å². The summed E-state index contributed by atoms with van der Waals surface area (Å²) in [5, 5.41) is 22.1. The summed E-state index contributed by atoms with van der Waals surface area (Å²) in [6, 6.07) is 16.0. The lowest BCUT2D eigenvalue weighted by Gasteiger charge is -2.40. The number of rotatable bonds is 5. The van der Waals surface area contributed by atoms with Crippen molar-refractivity contribution in [2.24, 2.45) is 10.8 Å². The molecule has 2 aliphatic heterocycles. The van der Waals surface area contributed by atoms with E-state index in [1.54, 1.807) is 0 Å². The summed E-state index contributed by atoms with van der Waals surface area (Å²) in [6.07, 6.45) is 10.8. The standard InChI is InChI=1S/C20H27NO2.C14H15NO2.C6H12O.2CH4.H2/c1-19(2,3)8-11-21-12-9-20(10-13-21)14-16(18(22)23)15-6-4-5-7-17(15)20;16-13(17)11-9-14(5-7-15-8-6-14)12-4-2-1-3-10(11)12;1-6(2,3)4-5-7;;;/h4-7,14H,8-13H2,1-3H3,(H,22,23);1-4,9,15H,5-8H2,(H,16,17);5H,4H2,1-3H3;2*1H4;1H/i;;;;;1+1. The molecule has 7 heteroatoms. The molecule has 2 fully saturated rings. The average Bonchev–Trinajstić information content (AvgIpc) is 3.51. The molecule has 0 atom stereocenters. The highest BCUT2D eigenvalue weighted by Crippen LogP contribution is 2.48. The molecule has 0 aromatic heterocycles. The third kappa shape index (κ3) is 10.2. The summed E-state index contributed by atoms with van der Waals surface area (Å²) >= 11 is 0. The van der Waals surface area contributed by atoms with Crippen LogP contribution in [0.4, 0.5) is 0 Å². The summed E-state index contributed by atoms with van der Waals surface area (Å²) in [4.78, 5) is 35.2. The number of carboxylic acids is 2. The normalized spacial score (nSPS) is 18.5. The van der Waals surface area contributed by atoms with Crippen molar-refractivity contribution in [2.75, 3.05) is 32.7 Å². The Balaban J connectivity index is 0.000000410. The van der Waals surface area contributed by atoms with Crippen LogP contribution >= 0.6 is 0 Å². The van der Waals surface area contributed by atoms with Gasteiger partial charge in [0.1, 0.15) is 6.29 Å². The molecular formula is C42H64N2O5. The fourth-order valence-electron chi connectivity index (χ4n) is 7.14. The number of carbonyl (C=O) groups excluding carboxylic acids is 1. The predicted molar refractivity (Wildman–Crippen MR) is 205 cm³/mol. The molecule has 2 saturated heterocycles. The van der Waals surface area contributed by atoms with Crippen molar-refractivity contribution in [1.29, 1.82) is 0 Å². The number of nitrogens with one attached hydrogen (secondary N) is 1. The maximum atomic E-state index is 11.6. The van der Waals surface area contributed by atoms with E-state index in [4.69, 9.17) is 0 Å². The van der Waals surface area contributed by atoms with E-state index in [2.05, 4.69) is 43.1 Å². The summed E-state index contributed by atoms with van der Waals surface area (Å²) in [5.41, 5.74) is 5.63. The van der Waals surface area contributed by atoms with Crippen molar-refractivity contribution in [2.45, 2.75) is 106 Å². The molecular weight excluding hydrogens is 612 g/mol. The van der Waals surface area contributed by atoms with Gasteiger partial charge >= 0.3 is 11.9 Å². The zero-order valence-corrected chi connectivity index (χ0v) is 29.2. The molecule has 3 N–H and O–H groups in total. The fourth-order valence-corrected chi connectivity index (χ4v) is 7.14. The zero-order valence-electron chi connectivity index (χ0n) is 29.2. The Labute approximate surface area is 297 Å². The number of aliphatic carboxylic acids is 2. The highest BCUT2D eigenvalue weighted by molar-refractivity contribution is 6.18. The Kier molecular flexibility index (Phi) is 14.4. The Bertz CT molecular complexity index is 1500. The lowest BCUT2D eigenvalue weighted by Crippen LogP contribution is -2.42. The van der Waals surface area contributed by atoms with E-state index in [-0.39, 0.29) is 32.5 Å². The number of likely N-dealkylation sites (tertiary alicyclic amines) is 1. The SMILES string of the molecule is C.C.CC(C)(C)CC=O.CC(C)(C)CCN1CCC2(C=C(C(=O)O)c3ccccc32)CC1.O=C(O)C1=CC2(CCNCC2)c2ccccc21.[2HH]. The van der Waals surface area contributed by atoms with Gasteiger partial charge in [0, 0.05) is 18.7 Å². The van der Waals surface area contributed by atoms with Crippen LogP contribution in [0.3, 0.4) is 0 Å². The van der Waals surface area contributed by atoms with Gasteiger partial charge in [-0.05, 0) is 97.9 Å². The first-order valence-electron chi connectivity index (χ1n) is 17.1. The van der Waals surface area contributed by atoms with Crippen molar-refractivity contribution < 1.29 is 26.0 Å². The van der Waals surface area contributed by atoms with E-state index in [0.29, 0.717) is 23.0 Å². The predicted octanol–water partition coefficient (Wildman–Crippen LogP) is 8.87. The highest BCUT2D eigenvalue weighted by Gasteiger charge is 2.42. The first kappa shape index (κ1) is 41.6. The number of carboxylic acid groups (broad SMARTS) is 2. The number of benzene rings is 2. The molecule has 2 aromatic carbocycles. The molecule has 2 aromatic rings. The van der Waals surface area contributed by atoms with Crippen LogP contribution < -0.4 is 5.32 Å². The molecule has 0 bridgehead atoms. The fraction of sp³-hybridized carbons (Fsp3) is 0.548. The Morgan fingerprint density at radius 2 is 1.18 bits per heavy atom. The first-order chi connectivity index (χ1) is 22.1. The average molecular weight is 678 g/mol. The van der Waals surface area contributed by atoms with Gasteiger partial charge in [0.25, 0.3) is 0 Å². The number of hydrogen-bond donors (Lipinski definition) is 3. The Morgan fingerprint density at radius 3 is 1.55 bits per heavy atom. The van der Waals surface area contributed by atoms with Gasteiger partial charge in [-0.2, -0.15) is 0 Å². The summed E-state index contributed by atoms with van der Waals surface area (Å²) in [5.74, 6) is -1.61. The molecule has 2 heterocycles. The molecule has 0 saturated carbocycles. The summed E-state index contributed by atoms with van der Waals surface area (Å²) in [7, 11) is 0. The van der Waals surface area contributed by atoms with Crippen LogP contribution in [-0.4, -0.2) is 66.1 Å². The van der Waals surface area contributed by atoms with Crippen LogP contribution in [0.1, 0.15) is 119 Å². The first-order valence-corrected chi connectivity index (χ1v) is 17.1. The van der Waals surface area contributed by atoms with E-state index in [9.17, 15) is 24.6 Å². The monoisotopic (exact) mass is 677 g/mol. The van der Waals surface area contributed by atoms with Gasteiger partial charge in [0.05, 0.1) is 11.1 Å². The van der Waals surface area contributed by atoms with E-state index in [0.717, 1.165) is 75.8 Å². The van der Waals surface area contributed by atoms with Crippen molar-refractivity contribution in [3.05, 3.63) is 82.9 Å². The Hall–Kier alpha value is -3.55. The molecule has 0 radical (unpaired) electrons. The quantitative estimate of drug-likeness (QED) is 0.272. The van der Waals surface area contributed by atoms with Gasteiger partial charge in [0.2, 0.25) is 0 Å². The smallest absolute Gasteiger partial charge is 0.336 e. The molecule has 49 heavy (non-hydrogen) atoms. The molecule has 4 aliphatic rings. The lowest BCUT2D eigenvalue weighted by atomic mass is 9.74. The second-order valence-corrected chi connectivity index (χ2v) is 16.0. The van der Waals surface area contributed by atoms with Crippen molar-refractivity contribution in [3.8, 4) is 0 Å². The molecule has 2 spiro atoms. The zero-order chi connectivity index (χ0) is 34.5. The van der Waals surface area contributed by atoms with Gasteiger partial charge in [-0.3, -0.25) is 0 Å².